The minimum Gasteiger partial charge on any atom is -0.454 e. The van der Waals surface area contributed by atoms with Crippen LogP contribution < -0.4 is 0 Å². The van der Waals surface area contributed by atoms with Gasteiger partial charge in [-0.3, -0.25) is 4.79 Å². The minimum absolute atomic E-state index is 0.0109. The Balaban J connectivity index is 1.27. The number of carbonyl (C=O) groups is 2. The zero-order valence-corrected chi connectivity index (χ0v) is 25.4. The van der Waals surface area contributed by atoms with E-state index in [4.69, 9.17) is 27.9 Å². The first-order valence-electron chi connectivity index (χ1n) is 14.1. The first kappa shape index (κ1) is 27.2. The molecule has 0 unspecified atom stereocenters. The van der Waals surface area contributed by atoms with Crippen molar-refractivity contribution in [1.29, 1.82) is 0 Å². The molecule has 1 amide bonds. The van der Waals surface area contributed by atoms with Crippen LogP contribution in [0, 0.1) is 22.7 Å². The Morgan fingerprint density at radius 2 is 1.73 bits per heavy atom. The van der Waals surface area contributed by atoms with Gasteiger partial charge >= 0.3 is 5.97 Å². The molecule has 1 heterocycles. The van der Waals surface area contributed by atoms with Gasteiger partial charge in [0.2, 0.25) is 10.0 Å². The van der Waals surface area contributed by atoms with E-state index < -0.39 is 39.5 Å². The summed E-state index contributed by atoms with van der Waals surface area (Å²) in [6.07, 6.45) is 2.56. The molecule has 9 heteroatoms. The molecule has 214 valence electrons. The van der Waals surface area contributed by atoms with Crippen LogP contribution >= 0.6 is 23.2 Å². The van der Waals surface area contributed by atoms with E-state index >= 15 is 0 Å². The maximum atomic E-state index is 14.2. The molecule has 5 atom stereocenters. The number of nitrogens with zero attached hydrogens (tertiary/aromatic N) is 1. The van der Waals surface area contributed by atoms with Crippen LogP contribution in [0.15, 0.2) is 48.5 Å². The molecule has 1 spiro atoms. The molecule has 41 heavy (non-hydrogen) atoms. The standard InChI is InChI=1S/C32H31Cl2NO5S/c1-17-12-19-9-8-18-6-4-5-7-21(18)27(19)28(17)40-30(37)23-15-25(34)24(33)14-22(23)29(36)35-26-13-20-10-11-32(26,31(20,2)3)16-41(35,38)39/h4-9,14-15,17,20,26,28H,10-13,16H2,1-3H3/t17-,20-,26-,28+,32-/m1/s1. The van der Waals surface area contributed by atoms with Crippen molar-refractivity contribution in [2.45, 2.75) is 58.6 Å². The highest BCUT2D eigenvalue weighted by molar-refractivity contribution is 7.90. The largest absolute Gasteiger partial charge is 0.454 e. The third-order valence-electron chi connectivity index (χ3n) is 10.8. The number of halogens is 2. The Labute approximate surface area is 250 Å². The number of amides is 1. The lowest BCUT2D eigenvalue weighted by Gasteiger charge is -2.37. The Hall–Kier alpha value is -2.61. The van der Waals surface area contributed by atoms with Crippen LogP contribution in [0.25, 0.3) is 10.8 Å². The van der Waals surface area contributed by atoms with Crippen LogP contribution in [-0.2, 0) is 21.2 Å². The quantitative estimate of drug-likeness (QED) is 0.292. The van der Waals surface area contributed by atoms with Crippen molar-refractivity contribution in [2.75, 3.05) is 5.75 Å². The van der Waals surface area contributed by atoms with Gasteiger partial charge in [0.25, 0.3) is 5.91 Å². The average Bonchev–Trinajstić information content (AvgIpc) is 3.53. The van der Waals surface area contributed by atoms with Gasteiger partial charge in [-0.25, -0.2) is 17.5 Å². The number of hydrogen-bond donors (Lipinski definition) is 0. The molecule has 3 fully saturated rings. The third kappa shape index (κ3) is 3.71. The van der Waals surface area contributed by atoms with Crippen LogP contribution in [0.2, 0.25) is 10.0 Å². The van der Waals surface area contributed by atoms with Gasteiger partial charge in [0.15, 0.2) is 0 Å². The Kier molecular flexibility index (Phi) is 5.94. The fourth-order valence-corrected chi connectivity index (χ4v) is 11.4. The van der Waals surface area contributed by atoms with E-state index in [9.17, 15) is 18.0 Å². The summed E-state index contributed by atoms with van der Waals surface area (Å²) in [6.45, 7) is 6.28. The van der Waals surface area contributed by atoms with Gasteiger partial charge in [-0.15, -0.1) is 0 Å². The molecular formula is C32H31Cl2NO5S. The summed E-state index contributed by atoms with van der Waals surface area (Å²) in [5.74, 6) is -1.19. The molecule has 0 N–H and O–H groups in total. The molecule has 0 aromatic heterocycles. The van der Waals surface area contributed by atoms with E-state index in [1.165, 1.54) is 12.1 Å². The summed E-state index contributed by atoms with van der Waals surface area (Å²) in [6, 6.07) is 14.3. The van der Waals surface area contributed by atoms with Crippen molar-refractivity contribution in [3.63, 3.8) is 0 Å². The Morgan fingerprint density at radius 1 is 1.02 bits per heavy atom. The van der Waals surface area contributed by atoms with Crippen LogP contribution in [-0.4, -0.2) is 36.4 Å². The van der Waals surface area contributed by atoms with Crippen molar-refractivity contribution in [2.24, 2.45) is 22.7 Å². The van der Waals surface area contributed by atoms with Gasteiger partial charge in [-0.2, -0.15) is 0 Å². The molecule has 3 aromatic carbocycles. The summed E-state index contributed by atoms with van der Waals surface area (Å²) in [7, 11) is -3.91. The zero-order valence-electron chi connectivity index (χ0n) is 23.1. The second-order valence-electron chi connectivity index (χ2n) is 12.9. The first-order valence-corrected chi connectivity index (χ1v) is 16.5. The maximum absolute atomic E-state index is 14.2. The molecule has 3 aromatic rings. The molecule has 1 aliphatic heterocycles. The number of carbonyl (C=O) groups excluding carboxylic acids is 2. The summed E-state index contributed by atoms with van der Waals surface area (Å²) >= 11 is 12.7. The van der Waals surface area contributed by atoms with E-state index in [0.29, 0.717) is 12.3 Å². The molecule has 6 nitrogen and oxygen atoms in total. The average molecular weight is 613 g/mol. The molecular weight excluding hydrogens is 581 g/mol. The van der Waals surface area contributed by atoms with Crippen molar-refractivity contribution in [3.05, 3.63) is 80.8 Å². The van der Waals surface area contributed by atoms with Crippen molar-refractivity contribution in [1.82, 2.24) is 4.31 Å². The summed E-state index contributed by atoms with van der Waals surface area (Å²) < 4.78 is 34.4. The molecule has 0 radical (unpaired) electrons. The van der Waals surface area contributed by atoms with Gasteiger partial charge in [0.05, 0.1) is 33.0 Å². The lowest BCUT2D eigenvalue weighted by molar-refractivity contribution is 0.0195. The second-order valence-corrected chi connectivity index (χ2v) is 15.6. The van der Waals surface area contributed by atoms with Gasteiger partial charge < -0.3 is 4.74 Å². The van der Waals surface area contributed by atoms with Gasteiger partial charge in [0.1, 0.15) is 6.10 Å². The Bertz CT molecular complexity index is 1770. The fraction of sp³-hybridized carbons (Fsp3) is 0.438. The maximum Gasteiger partial charge on any atom is 0.339 e. The number of ether oxygens (including phenoxy) is 1. The number of rotatable bonds is 3. The molecule has 7 rings (SSSR count). The highest BCUT2D eigenvalue weighted by Gasteiger charge is 2.72. The van der Waals surface area contributed by atoms with Crippen LogP contribution in [0.5, 0.6) is 0 Å². The lowest BCUT2D eigenvalue weighted by atomic mass is 9.69. The molecule has 2 bridgehead atoms. The van der Waals surface area contributed by atoms with Crippen LogP contribution in [0.4, 0.5) is 0 Å². The van der Waals surface area contributed by atoms with Gasteiger partial charge in [-0.1, -0.05) is 80.4 Å². The van der Waals surface area contributed by atoms with Crippen molar-refractivity contribution in [3.8, 4) is 0 Å². The predicted molar refractivity (Wildman–Crippen MR) is 159 cm³/mol. The van der Waals surface area contributed by atoms with E-state index in [1.54, 1.807) is 0 Å². The van der Waals surface area contributed by atoms with E-state index in [0.717, 1.165) is 45.5 Å². The monoisotopic (exact) mass is 611 g/mol. The van der Waals surface area contributed by atoms with E-state index in [1.807, 2.05) is 31.2 Å². The SMILES string of the molecule is C[C@@H]1Cc2ccc3ccccc3c2[C@H]1OC(=O)c1cc(Cl)c(Cl)cc1C(=O)N1[C@@H]2C[C@H]3CC[C@]2(CS1(=O)=O)C3(C)C. The smallest absolute Gasteiger partial charge is 0.339 e. The van der Waals surface area contributed by atoms with Crippen molar-refractivity contribution < 1.29 is 22.7 Å². The summed E-state index contributed by atoms with van der Waals surface area (Å²) in [5, 5.41) is 2.22. The number of benzene rings is 3. The lowest BCUT2D eigenvalue weighted by Crippen LogP contribution is -2.44. The summed E-state index contributed by atoms with van der Waals surface area (Å²) in [4.78, 5) is 28.1. The third-order valence-corrected chi connectivity index (χ3v) is 13.4. The number of esters is 1. The van der Waals surface area contributed by atoms with E-state index in [2.05, 4.69) is 26.0 Å². The van der Waals surface area contributed by atoms with Gasteiger partial charge in [0, 0.05) is 16.9 Å². The van der Waals surface area contributed by atoms with E-state index in [-0.39, 0.29) is 38.3 Å². The number of hydrogen-bond acceptors (Lipinski definition) is 5. The van der Waals surface area contributed by atoms with Crippen molar-refractivity contribution >= 4 is 55.9 Å². The highest BCUT2D eigenvalue weighted by atomic mass is 35.5. The highest BCUT2D eigenvalue weighted by Crippen LogP contribution is 2.70. The van der Waals surface area contributed by atoms with Gasteiger partial charge in [-0.05, 0) is 65.5 Å². The minimum atomic E-state index is -3.91. The number of sulfonamides is 1. The first-order chi connectivity index (χ1) is 19.4. The van der Waals surface area contributed by atoms with Crippen LogP contribution in [0.3, 0.4) is 0 Å². The molecule has 4 aliphatic rings. The second kappa shape index (κ2) is 8.95. The molecule has 1 saturated heterocycles. The zero-order chi connectivity index (χ0) is 29.1. The predicted octanol–water partition coefficient (Wildman–Crippen LogP) is 7.22. The molecule has 2 saturated carbocycles. The Morgan fingerprint density at radius 3 is 2.46 bits per heavy atom. The fourth-order valence-electron chi connectivity index (χ4n) is 8.51. The topological polar surface area (TPSA) is 80.8 Å². The van der Waals surface area contributed by atoms with Crippen LogP contribution in [0.1, 0.15) is 78.0 Å². The summed E-state index contributed by atoms with van der Waals surface area (Å²) in [5.41, 5.74) is 1.20. The number of fused-ring (bicyclic) bond motifs is 4. The molecule has 3 aliphatic carbocycles. The normalized spacial score (nSPS) is 30.4.